The molecule has 0 heterocycles. The highest BCUT2D eigenvalue weighted by Crippen LogP contribution is 2.16. The minimum atomic E-state index is -0.322. The van der Waals surface area contributed by atoms with Gasteiger partial charge in [-0.25, -0.2) is 4.39 Å². The zero-order valence-corrected chi connectivity index (χ0v) is 12.7. The van der Waals surface area contributed by atoms with E-state index in [0.717, 1.165) is 0 Å². The molecule has 2 nitrogen and oxygen atoms in total. The van der Waals surface area contributed by atoms with Crippen LogP contribution in [0.3, 0.4) is 0 Å². The molecule has 1 aromatic rings. The predicted molar refractivity (Wildman–Crippen MR) is 74.5 cm³/mol. The first kappa shape index (κ1) is 13.9. The molecule has 0 aromatic heterocycles. The molecular weight excluding hydrogens is 388 g/mol. The normalized spacial score (nSPS) is 12.3. The van der Waals surface area contributed by atoms with Gasteiger partial charge in [-0.15, -0.1) is 0 Å². The maximum absolute atomic E-state index is 12.9. The van der Waals surface area contributed by atoms with Crippen LogP contribution in [0.1, 0.15) is 17.3 Å². The first-order chi connectivity index (χ1) is 7.47. The largest absolute Gasteiger partial charge is 0.338 e. The Morgan fingerprint density at radius 3 is 2.75 bits per heavy atom. The fraction of sp³-hybridized carbons (Fsp3) is 0.364. The van der Waals surface area contributed by atoms with Crippen molar-refractivity contribution in [1.29, 1.82) is 0 Å². The highest BCUT2D eigenvalue weighted by atomic mass is 127. The van der Waals surface area contributed by atoms with Crippen LogP contribution in [0.15, 0.2) is 18.2 Å². The van der Waals surface area contributed by atoms with Crippen LogP contribution < -0.4 is 0 Å². The Hall–Kier alpha value is -0.170. The molecule has 88 valence electrons. The lowest BCUT2D eigenvalue weighted by molar-refractivity contribution is 0.0757. The Morgan fingerprint density at radius 1 is 1.62 bits per heavy atom. The van der Waals surface area contributed by atoms with Gasteiger partial charge in [0, 0.05) is 22.0 Å². The lowest BCUT2D eigenvalue weighted by Gasteiger charge is -2.23. The number of hydrogen-bond acceptors (Lipinski definition) is 1. The van der Waals surface area contributed by atoms with Gasteiger partial charge in [0.05, 0.1) is 5.56 Å². The molecule has 0 saturated heterocycles. The molecule has 1 amide bonds. The second kappa shape index (κ2) is 5.95. The van der Waals surface area contributed by atoms with E-state index in [9.17, 15) is 9.18 Å². The van der Waals surface area contributed by atoms with Gasteiger partial charge in [0.25, 0.3) is 5.91 Å². The van der Waals surface area contributed by atoms with Crippen LogP contribution >= 0.6 is 38.5 Å². The van der Waals surface area contributed by atoms with E-state index in [1.54, 1.807) is 11.9 Å². The smallest absolute Gasteiger partial charge is 0.254 e. The minimum Gasteiger partial charge on any atom is -0.338 e. The third kappa shape index (κ3) is 3.16. The summed E-state index contributed by atoms with van der Waals surface area (Å²) in [5.41, 5.74) is 0.539. The molecule has 0 aliphatic rings. The van der Waals surface area contributed by atoms with Crippen LogP contribution in [0.5, 0.6) is 0 Å². The highest BCUT2D eigenvalue weighted by molar-refractivity contribution is 14.1. The lowest BCUT2D eigenvalue weighted by Crippen LogP contribution is -2.36. The van der Waals surface area contributed by atoms with E-state index in [4.69, 9.17) is 0 Å². The fourth-order valence-electron chi connectivity index (χ4n) is 1.16. The van der Waals surface area contributed by atoms with Crippen molar-refractivity contribution in [3.8, 4) is 0 Å². The first-order valence-corrected chi connectivity index (χ1v) is 6.95. The number of amides is 1. The molecule has 0 aliphatic heterocycles. The van der Waals surface area contributed by atoms with Gasteiger partial charge in [0.2, 0.25) is 0 Å². The van der Waals surface area contributed by atoms with Gasteiger partial charge in [0.15, 0.2) is 0 Å². The van der Waals surface area contributed by atoms with Crippen molar-refractivity contribution in [3.63, 3.8) is 0 Å². The van der Waals surface area contributed by atoms with Crippen LogP contribution in [0, 0.1) is 9.39 Å². The summed E-state index contributed by atoms with van der Waals surface area (Å²) in [5, 5.41) is 0.715. The number of alkyl halides is 1. The summed E-state index contributed by atoms with van der Waals surface area (Å²) < 4.78 is 13.5. The Bertz CT molecular complexity index is 400. The quantitative estimate of drug-likeness (QED) is 0.564. The molecule has 0 aliphatic carbocycles. The average molecular weight is 400 g/mol. The van der Waals surface area contributed by atoms with Gasteiger partial charge in [-0.3, -0.25) is 4.79 Å². The number of hydrogen-bond donors (Lipinski definition) is 0. The molecule has 1 rings (SSSR count). The van der Waals surface area contributed by atoms with Crippen molar-refractivity contribution in [2.24, 2.45) is 0 Å². The van der Waals surface area contributed by atoms with Crippen LogP contribution in [0.25, 0.3) is 0 Å². The van der Waals surface area contributed by atoms with Crippen LogP contribution in [0.2, 0.25) is 0 Å². The van der Waals surface area contributed by atoms with Gasteiger partial charge in [-0.05, 0) is 47.7 Å². The standard InChI is InChI=1S/C11H12BrFINO/c1-7(6-12)15(2)11(16)9-4-3-8(13)5-10(9)14/h3-5,7H,6H2,1-2H3. The topological polar surface area (TPSA) is 20.3 Å². The summed E-state index contributed by atoms with van der Waals surface area (Å²) in [7, 11) is 1.74. The summed E-state index contributed by atoms with van der Waals surface area (Å²) in [6, 6.07) is 4.30. The molecule has 5 heteroatoms. The maximum Gasteiger partial charge on any atom is 0.254 e. The Labute approximate surface area is 116 Å². The molecule has 0 bridgehead atoms. The molecule has 1 unspecified atom stereocenters. The van der Waals surface area contributed by atoms with Crippen LogP contribution in [0.4, 0.5) is 4.39 Å². The molecule has 16 heavy (non-hydrogen) atoms. The van der Waals surface area contributed by atoms with Crippen molar-refractivity contribution >= 4 is 44.4 Å². The number of nitrogens with zero attached hydrogens (tertiary/aromatic N) is 1. The number of benzene rings is 1. The average Bonchev–Trinajstić information content (AvgIpc) is 2.26. The summed E-state index contributed by atoms with van der Waals surface area (Å²) in [5.74, 6) is -0.409. The predicted octanol–water partition coefficient (Wildman–Crippen LogP) is 3.29. The van der Waals surface area contributed by atoms with Crippen LogP contribution in [-0.4, -0.2) is 29.2 Å². The third-order valence-electron chi connectivity index (χ3n) is 2.37. The third-order valence-corrected chi connectivity index (χ3v) is 4.20. The van der Waals surface area contributed by atoms with Crippen LogP contribution in [-0.2, 0) is 0 Å². The summed E-state index contributed by atoms with van der Waals surface area (Å²) in [4.78, 5) is 13.7. The maximum atomic E-state index is 12.9. The van der Waals surface area contributed by atoms with E-state index in [1.165, 1.54) is 18.2 Å². The van der Waals surface area contributed by atoms with E-state index in [2.05, 4.69) is 15.9 Å². The molecule has 0 saturated carbocycles. The summed E-state index contributed by atoms with van der Waals surface area (Å²) in [6.45, 7) is 1.95. The van der Waals surface area contributed by atoms with Crippen molar-refractivity contribution in [1.82, 2.24) is 4.90 Å². The SMILES string of the molecule is CC(CBr)N(C)C(=O)c1ccc(F)cc1I. The van der Waals surface area contributed by atoms with Crippen molar-refractivity contribution in [3.05, 3.63) is 33.1 Å². The molecule has 1 aromatic carbocycles. The second-order valence-corrected chi connectivity index (χ2v) is 5.35. The Balaban J connectivity index is 2.96. The van der Waals surface area contributed by atoms with E-state index >= 15 is 0 Å². The van der Waals surface area contributed by atoms with Crippen molar-refractivity contribution in [2.45, 2.75) is 13.0 Å². The zero-order valence-electron chi connectivity index (χ0n) is 9.01. The lowest BCUT2D eigenvalue weighted by atomic mass is 10.2. The number of rotatable bonds is 3. The molecule has 0 N–H and O–H groups in total. The molecule has 0 fully saturated rings. The second-order valence-electron chi connectivity index (χ2n) is 3.54. The van der Waals surface area contributed by atoms with Crippen molar-refractivity contribution in [2.75, 3.05) is 12.4 Å². The molecule has 0 radical (unpaired) electrons. The van der Waals surface area contributed by atoms with Gasteiger partial charge >= 0.3 is 0 Å². The summed E-state index contributed by atoms with van der Waals surface area (Å²) >= 11 is 5.30. The molecule has 1 atom stereocenters. The summed E-state index contributed by atoms with van der Waals surface area (Å²) in [6.07, 6.45) is 0. The number of halogens is 3. The van der Waals surface area contributed by atoms with Gasteiger partial charge in [0.1, 0.15) is 5.82 Å². The van der Waals surface area contributed by atoms with E-state index < -0.39 is 0 Å². The fourth-order valence-corrected chi connectivity index (χ4v) is 2.30. The minimum absolute atomic E-state index is 0.0867. The van der Waals surface area contributed by atoms with Gasteiger partial charge in [-0.1, -0.05) is 15.9 Å². The van der Waals surface area contributed by atoms with Gasteiger partial charge in [-0.2, -0.15) is 0 Å². The highest BCUT2D eigenvalue weighted by Gasteiger charge is 2.18. The monoisotopic (exact) mass is 399 g/mol. The Morgan fingerprint density at radius 2 is 2.25 bits per heavy atom. The molecular formula is C11H12BrFINO. The van der Waals surface area contributed by atoms with E-state index in [1.807, 2.05) is 29.5 Å². The molecule has 0 spiro atoms. The van der Waals surface area contributed by atoms with Gasteiger partial charge < -0.3 is 4.90 Å². The van der Waals surface area contributed by atoms with E-state index in [-0.39, 0.29) is 17.8 Å². The van der Waals surface area contributed by atoms with E-state index in [0.29, 0.717) is 14.5 Å². The zero-order chi connectivity index (χ0) is 12.3. The van der Waals surface area contributed by atoms with Crippen molar-refractivity contribution < 1.29 is 9.18 Å². The number of carbonyl (C=O) groups is 1. The first-order valence-electron chi connectivity index (χ1n) is 4.75. The Kier molecular flexibility index (Phi) is 5.17. The number of carbonyl (C=O) groups excluding carboxylic acids is 1.